The molecular weight excluding hydrogens is 316 g/mol. The van der Waals surface area contributed by atoms with Crippen LogP contribution in [0.15, 0.2) is 18.2 Å². The van der Waals surface area contributed by atoms with Crippen molar-refractivity contribution in [3.63, 3.8) is 0 Å². The molecule has 1 heterocycles. The first kappa shape index (κ1) is 17.1. The Morgan fingerprint density at radius 3 is 2.52 bits per heavy atom. The fourth-order valence-electron chi connectivity index (χ4n) is 2.52. The lowest BCUT2D eigenvalue weighted by atomic mass is 10.2. The van der Waals surface area contributed by atoms with E-state index in [1.165, 1.54) is 6.92 Å². The zero-order chi connectivity index (χ0) is 16.8. The Hall–Kier alpha value is -2.26. The van der Waals surface area contributed by atoms with Gasteiger partial charge < -0.3 is 15.1 Å². The summed E-state index contributed by atoms with van der Waals surface area (Å²) in [4.78, 5) is 27.0. The fraction of sp³-hybridized carbons (Fsp3) is 0.438. The number of carbonyl (C=O) groups excluding carboxylic acids is 2. The molecule has 7 heteroatoms. The highest BCUT2D eigenvalue weighted by atomic mass is 35.5. The van der Waals surface area contributed by atoms with Gasteiger partial charge in [0, 0.05) is 46.1 Å². The third kappa shape index (κ3) is 4.36. The van der Waals surface area contributed by atoms with Crippen LogP contribution in [-0.2, 0) is 9.59 Å². The molecule has 1 fully saturated rings. The molecule has 0 radical (unpaired) electrons. The SMILES string of the molecule is CC(=O)N1CCN(C(=O)CCNc2c(Cl)cccc2C#N)CC1. The molecule has 1 saturated heterocycles. The van der Waals surface area contributed by atoms with Crippen LogP contribution in [0.4, 0.5) is 5.69 Å². The molecular formula is C16H19ClN4O2. The average molecular weight is 335 g/mol. The lowest BCUT2D eigenvalue weighted by molar-refractivity contribution is -0.138. The van der Waals surface area contributed by atoms with E-state index in [1.54, 1.807) is 28.0 Å². The number of hydrogen-bond acceptors (Lipinski definition) is 4. The smallest absolute Gasteiger partial charge is 0.224 e. The number of rotatable bonds is 4. The van der Waals surface area contributed by atoms with Crippen LogP contribution < -0.4 is 5.32 Å². The molecule has 0 aliphatic carbocycles. The van der Waals surface area contributed by atoms with Gasteiger partial charge in [-0.25, -0.2) is 0 Å². The van der Waals surface area contributed by atoms with Crippen LogP contribution in [0.25, 0.3) is 0 Å². The molecule has 0 spiro atoms. The minimum atomic E-state index is 0.0336. The molecule has 1 N–H and O–H groups in total. The molecule has 1 aromatic carbocycles. The molecule has 6 nitrogen and oxygen atoms in total. The normalized spacial score (nSPS) is 14.3. The second-order valence-corrected chi connectivity index (χ2v) is 5.75. The van der Waals surface area contributed by atoms with Gasteiger partial charge in [0.2, 0.25) is 11.8 Å². The highest BCUT2D eigenvalue weighted by Crippen LogP contribution is 2.25. The Labute approximate surface area is 140 Å². The Balaban J connectivity index is 1.82. The monoisotopic (exact) mass is 334 g/mol. The number of carbonyl (C=O) groups is 2. The number of benzene rings is 1. The summed E-state index contributed by atoms with van der Waals surface area (Å²) in [6, 6.07) is 7.17. The summed E-state index contributed by atoms with van der Waals surface area (Å²) in [5.41, 5.74) is 1.02. The first-order valence-corrected chi connectivity index (χ1v) is 7.86. The number of piperazine rings is 1. The molecule has 0 aromatic heterocycles. The molecule has 0 atom stereocenters. The maximum Gasteiger partial charge on any atom is 0.224 e. The van der Waals surface area contributed by atoms with Gasteiger partial charge in [0.1, 0.15) is 6.07 Å². The summed E-state index contributed by atoms with van der Waals surface area (Å²) in [6.45, 7) is 4.24. The number of nitriles is 1. The van der Waals surface area contributed by atoms with E-state index in [1.807, 2.05) is 0 Å². The van der Waals surface area contributed by atoms with E-state index >= 15 is 0 Å². The molecule has 2 amide bonds. The van der Waals surface area contributed by atoms with Crippen molar-refractivity contribution >= 4 is 29.1 Å². The lowest BCUT2D eigenvalue weighted by Gasteiger charge is -2.34. The Kier molecular flexibility index (Phi) is 5.83. The topological polar surface area (TPSA) is 76.4 Å². The summed E-state index contributed by atoms with van der Waals surface area (Å²) in [6.07, 6.45) is 0.316. The Bertz CT molecular complexity index is 633. The highest BCUT2D eigenvalue weighted by Gasteiger charge is 2.21. The lowest BCUT2D eigenvalue weighted by Crippen LogP contribution is -2.50. The number of nitrogens with one attached hydrogen (secondary N) is 1. The highest BCUT2D eigenvalue weighted by molar-refractivity contribution is 6.33. The van der Waals surface area contributed by atoms with Gasteiger partial charge in [0.15, 0.2) is 0 Å². The molecule has 1 aromatic rings. The second kappa shape index (κ2) is 7.84. The minimum absolute atomic E-state index is 0.0336. The minimum Gasteiger partial charge on any atom is -0.382 e. The molecule has 23 heavy (non-hydrogen) atoms. The van der Waals surface area contributed by atoms with Gasteiger partial charge in [-0.05, 0) is 12.1 Å². The Morgan fingerprint density at radius 2 is 1.91 bits per heavy atom. The summed E-state index contributed by atoms with van der Waals surface area (Å²) in [5.74, 6) is 0.0766. The maximum atomic E-state index is 12.2. The predicted molar refractivity (Wildman–Crippen MR) is 88.1 cm³/mol. The second-order valence-electron chi connectivity index (χ2n) is 5.34. The van der Waals surface area contributed by atoms with Crippen molar-refractivity contribution in [1.82, 2.24) is 9.80 Å². The van der Waals surface area contributed by atoms with Crippen LogP contribution in [0, 0.1) is 11.3 Å². The van der Waals surface area contributed by atoms with Crippen molar-refractivity contribution in [3.8, 4) is 6.07 Å². The van der Waals surface area contributed by atoms with Crippen molar-refractivity contribution < 1.29 is 9.59 Å². The Morgan fingerprint density at radius 1 is 1.26 bits per heavy atom. The van der Waals surface area contributed by atoms with Crippen LogP contribution >= 0.6 is 11.6 Å². The van der Waals surface area contributed by atoms with E-state index in [2.05, 4.69) is 11.4 Å². The third-order valence-corrected chi connectivity index (χ3v) is 4.17. The number of anilines is 1. The average Bonchev–Trinajstić information content (AvgIpc) is 2.56. The van der Waals surface area contributed by atoms with Gasteiger partial charge in [-0.2, -0.15) is 5.26 Å². The summed E-state index contributed by atoms with van der Waals surface area (Å²) >= 11 is 6.07. The molecule has 0 saturated carbocycles. The third-order valence-electron chi connectivity index (χ3n) is 3.85. The van der Waals surface area contributed by atoms with Crippen LogP contribution in [0.2, 0.25) is 5.02 Å². The van der Waals surface area contributed by atoms with Gasteiger partial charge in [-0.3, -0.25) is 9.59 Å². The quantitative estimate of drug-likeness (QED) is 0.909. The van der Waals surface area contributed by atoms with E-state index in [0.29, 0.717) is 55.4 Å². The standard InChI is InChI=1S/C16H19ClN4O2/c1-12(22)20-7-9-21(10-8-20)15(23)5-6-19-16-13(11-18)3-2-4-14(16)17/h2-4,19H,5-10H2,1H3. The number of para-hydroxylation sites is 1. The van der Waals surface area contributed by atoms with Gasteiger partial charge in [0.25, 0.3) is 0 Å². The van der Waals surface area contributed by atoms with Crippen LogP contribution in [0.1, 0.15) is 18.9 Å². The zero-order valence-corrected chi connectivity index (χ0v) is 13.8. The van der Waals surface area contributed by atoms with Gasteiger partial charge in [-0.15, -0.1) is 0 Å². The molecule has 122 valence electrons. The van der Waals surface area contributed by atoms with Gasteiger partial charge in [-0.1, -0.05) is 17.7 Å². The maximum absolute atomic E-state index is 12.2. The van der Waals surface area contributed by atoms with Crippen molar-refractivity contribution in [3.05, 3.63) is 28.8 Å². The van der Waals surface area contributed by atoms with E-state index in [-0.39, 0.29) is 11.8 Å². The molecule has 1 aliphatic heterocycles. The number of halogens is 1. The summed E-state index contributed by atoms with van der Waals surface area (Å²) in [5, 5.41) is 12.6. The number of amides is 2. The largest absolute Gasteiger partial charge is 0.382 e. The molecule has 1 aliphatic rings. The van der Waals surface area contributed by atoms with Crippen LogP contribution in [0.5, 0.6) is 0 Å². The fourth-order valence-corrected chi connectivity index (χ4v) is 2.76. The molecule has 2 rings (SSSR count). The van der Waals surface area contributed by atoms with E-state index in [4.69, 9.17) is 16.9 Å². The van der Waals surface area contributed by atoms with Gasteiger partial charge >= 0.3 is 0 Å². The van der Waals surface area contributed by atoms with Crippen molar-refractivity contribution in [2.75, 3.05) is 38.0 Å². The first-order chi connectivity index (χ1) is 11.0. The van der Waals surface area contributed by atoms with Crippen LogP contribution in [-0.4, -0.2) is 54.3 Å². The van der Waals surface area contributed by atoms with E-state index in [9.17, 15) is 9.59 Å². The summed E-state index contributed by atoms with van der Waals surface area (Å²) in [7, 11) is 0. The molecule has 0 unspecified atom stereocenters. The van der Waals surface area contributed by atoms with Crippen LogP contribution in [0.3, 0.4) is 0 Å². The summed E-state index contributed by atoms with van der Waals surface area (Å²) < 4.78 is 0. The van der Waals surface area contributed by atoms with Crippen molar-refractivity contribution in [2.24, 2.45) is 0 Å². The number of hydrogen-bond donors (Lipinski definition) is 1. The van der Waals surface area contributed by atoms with E-state index < -0.39 is 0 Å². The zero-order valence-electron chi connectivity index (χ0n) is 13.0. The predicted octanol–water partition coefficient (Wildman–Crippen LogP) is 1.70. The van der Waals surface area contributed by atoms with Gasteiger partial charge in [0.05, 0.1) is 16.3 Å². The first-order valence-electron chi connectivity index (χ1n) is 7.48. The molecule has 0 bridgehead atoms. The number of nitrogens with zero attached hydrogens (tertiary/aromatic N) is 3. The van der Waals surface area contributed by atoms with Crippen molar-refractivity contribution in [2.45, 2.75) is 13.3 Å². The van der Waals surface area contributed by atoms with E-state index in [0.717, 1.165) is 0 Å². The van der Waals surface area contributed by atoms with Crippen molar-refractivity contribution in [1.29, 1.82) is 5.26 Å².